The van der Waals surface area contributed by atoms with Crippen LogP contribution in [0.1, 0.15) is 15.9 Å². The Morgan fingerprint density at radius 3 is 2.94 bits per heavy atom. The minimum atomic E-state index is -0.0834. The summed E-state index contributed by atoms with van der Waals surface area (Å²) in [6, 6.07) is 5.27. The minimum absolute atomic E-state index is 0.0116. The molecule has 2 atom stereocenters. The number of halogens is 1. The quantitative estimate of drug-likeness (QED) is 0.871. The van der Waals surface area contributed by atoms with Crippen molar-refractivity contribution >= 4 is 17.5 Å². The van der Waals surface area contributed by atoms with Gasteiger partial charge in [-0.1, -0.05) is 11.6 Å². The highest BCUT2D eigenvalue weighted by molar-refractivity contribution is 6.30. The van der Waals surface area contributed by atoms with Crippen molar-refractivity contribution in [1.29, 1.82) is 0 Å². The average Bonchev–Trinajstić information content (AvgIpc) is 2.76. The van der Waals surface area contributed by atoms with Crippen molar-refractivity contribution in [3.63, 3.8) is 0 Å². The molecule has 1 aliphatic rings. The van der Waals surface area contributed by atoms with E-state index in [4.69, 9.17) is 16.3 Å². The number of nitrogens with one attached hydrogen (secondary N) is 2. The van der Waals surface area contributed by atoms with Crippen LogP contribution in [-0.2, 0) is 4.74 Å². The molecule has 1 amide bonds. The maximum atomic E-state index is 12.2. The lowest BCUT2D eigenvalue weighted by molar-refractivity contribution is 0.0779. The molecule has 1 fully saturated rings. The molecule has 0 aromatic heterocycles. The van der Waals surface area contributed by atoms with E-state index in [0.29, 0.717) is 10.6 Å². The van der Waals surface area contributed by atoms with Gasteiger partial charge in [-0.15, -0.1) is 0 Å². The number of rotatable bonds is 3. The summed E-state index contributed by atoms with van der Waals surface area (Å²) in [7, 11) is 1.66. The standard InChI is InChI=1S/C13H17ClN2O2/c1-8-5-9(14)3-4-10(8)13(17)16-11-6-15-7-12(11)18-2/h3-5,11-12,15H,6-7H2,1-2H3,(H,16,17)/t11?,12-/m0/s1. The van der Waals surface area contributed by atoms with E-state index >= 15 is 0 Å². The van der Waals surface area contributed by atoms with Gasteiger partial charge in [0.2, 0.25) is 0 Å². The van der Waals surface area contributed by atoms with E-state index in [2.05, 4.69) is 10.6 Å². The second kappa shape index (κ2) is 5.69. The predicted octanol–water partition coefficient (Wildman–Crippen LogP) is 1.37. The zero-order valence-electron chi connectivity index (χ0n) is 10.5. The summed E-state index contributed by atoms with van der Waals surface area (Å²) in [5.74, 6) is -0.0834. The summed E-state index contributed by atoms with van der Waals surface area (Å²) in [6.45, 7) is 3.37. The first-order valence-electron chi connectivity index (χ1n) is 5.92. The fourth-order valence-corrected chi connectivity index (χ4v) is 2.40. The number of amides is 1. The Hall–Kier alpha value is -1.10. The SMILES string of the molecule is CO[C@H]1CNCC1NC(=O)c1ccc(Cl)cc1C. The molecule has 1 aliphatic heterocycles. The monoisotopic (exact) mass is 268 g/mol. The van der Waals surface area contributed by atoms with Crippen molar-refractivity contribution in [3.8, 4) is 0 Å². The van der Waals surface area contributed by atoms with Gasteiger partial charge in [-0.3, -0.25) is 4.79 Å². The molecule has 1 aromatic rings. The van der Waals surface area contributed by atoms with Gasteiger partial charge in [0.15, 0.2) is 0 Å². The van der Waals surface area contributed by atoms with Crippen LogP contribution >= 0.6 is 11.6 Å². The van der Waals surface area contributed by atoms with Crippen molar-refractivity contribution in [3.05, 3.63) is 34.3 Å². The third-order valence-corrected chi connectivity index (χ3v) is 3.45. The largest absolute Gasteiger partial charge is 0.378 e. The summed E-state index contributed by atoms with van der Waals surface area (Å²) in [5, 5.41) is 6.82. The molecule has 4 nitrogen and oxygen atoms in total. The van der Waals surface area contributed by atoms with E-state index in [0.717, 1.165) is 18.7 Å². The molecule has 2 rings (SSSR count). The van der Waals surface area contributed by atoms with Crippen molar-refractivity contribution in [2.75, 3.05) is 20.2 Å². The van der Waals surface area contributed by atoms with Gasteiger partial charge in [0.25, 0.3) is 5.91 Å². The van der Waals surface area contributed by atoms with Gasteiger partial charge >= 0.3 is 0 Å². The number of hydrogen-bond donors (Lipinski definition) is 2. The van der Waals surface area contributed by atoms with Crippen LogP contribution in [0.15, 0.2) is 18.2 Å². The molecule has 0 aliphatic carbocycles. The van der Waals surface area contributed by atoms with E-state index in [-0.39, 0.29) is 18.1 Å². The molecule has 98 valence electrons. The highest BCUT2D eigenvalue weighted by Crippen LogP contribution is 2.15. The van der Waals surface area contributed by atoms with E-state index in [1.807, 2.05) is 6.92 Å². The van der Waals surface area contributed by atoms with E-state index < -0.39 is 0 Å². The van der Waals surface area contributed by atoms with Crippen LogP contribution in [0.2, 0.25) is 5.02 Å². The Morgan fingerprint density at radius 2 is 2.28 bits per heavy atom. The van der Waals surface area contributed by atoms with Gasteiger partial charge in [-0.2, -0.15) is 0 Å². The zero-order chi connectivity index (χ0) is 13.1. The number of ether oxygens (including phenoxy) is 1. The number of aryl methyl sites for hydroxylation is 1. The van der Waals surface area contributed by atoms with Crippen molar-refractivity contribution in [1.82, 2.24) is 10.6 Å². The van der Waals surface area contributed by atoms with Crippen LogP contribution in [0.25, 0.3) is 0 Å². The zero-order valence-corrected chi connectivity index (χ0v) is 11.3. The Morgan fingerprint density at radius 1 is 1.50 bits per heavy atom. The summed E-state index contributed by atoms with van der Waals surface area (Å²) < 4.78 is 5.31. The molecule has 5 heteroatoms. The molecule has 18 heavy (non-hydrogen) atoms. The van der Waals surface area contributed by atoms with Crippen molar-refractivity contribution in [2.24, 2.45) is 0 Å². The first-order valence-corrected chi connectivity index (χ1v) is 6.30. The normalized spacial score (nSPS) is 23.1. The molecule has 0 radical (unpaired) electrons. The lowest BCUT2D eigenvalue weighted by atomic mass is 10.1. The Bertz CT molecular complexity index is 451. The van der Waals surface area contributed by atoms with Crippen LogP contribution in [-0.4, -0.2) is 38.3 Å². The van der Waals surface area contributed by atoms with Crippen LogP contribution < -0.4 is 10.6 Å². The van der Waals surface area contributed by atoms with Gasteiger partial charge in [0.05, 0.1) is 12.1 Å². The maximum absolute atomic E-state index is 12.2. The number of carbonyl (C=O) groups is 1. The summed E-state index contributed by atoms with van der Waals surface area (Å²) in [5.41, 5.74) is 1.53. The second-order valence-corrected chi connectivity index (χ2v) is 4.91. The smallest absolute Gasteiger partial charge is 0.251 e. The Kier molecular flexibility index (Phi) is 4.22. The molecule has 0 saturated carbocycles. The van der Waals surface area contributed by atoms with Gasteiger partial charge in [0, 0.05) is 30.8 Å². The third-order valence-electron chi connectivity index (χ3n) is 3.21. The fraction of sp³-hybridized carbons (Fsp3) is 0.462. The van der Waals surface area contributed by atoms with E-state index in [1.54, 1.807) is 25.3 Å². The molecular formula is C13H17ClN2O2. The first-order chi connectivity index (χ1) is 8.61. The third kappa shape index (κ3) is 2.83. The molecule has 1 saturated heterocycles. The van der Waals surface area contributed by atoms with Crippen molar-refractivity contribution < 1.29 is 9.53 Å². The molecule has 1 heterocycles. The lowest BCUT2D eigenvalue weighted by Crippen LogP contribution is -2.43. The molecule has 0 bridgehead atoms. The molecule has 1 unspecified atom stereocenters. The molecule has 2 N–H and O–H groups in total. The first kappa shape index (κ1) is 13.3. The number of carbonyl (C=O) groups excluding carboxylic acids is 1. The van der Waals surface area contributed by atoms with Crippen LogP contribution in [0.3, 0.4) is 0 Å². The summed E-state index contributed by atoms with van der Waals surface area (Å²) in [4.78, 5) is 12.2. The maximum Gasteiger partial charge on any atom is 0.251 e. The number of benzene rings is 1. The number of methoxy groups -OCH3 is 1. The lowest BCUT2D eigenvalue weighted by Gasteiger charge is -2.19. The summed E-state index contributed by atoms with van der Waals surface area (Å²) in [6.07, 6.45) is 0.0292. The molecular weight excluding hydrogens is 252 g/mol. The van der Waals surface area contributed by atoms with Gasteiger partial charge in [-0.25, -0.2) is 0 Å². The van der Waals surface area contributed by atoms with E-state index in [9.17, 15) is 4.79 Å². The topological polar surface area (TPSA) is 50.4 Å². The number of hydrogen-bond acceptors (Lipinski definition) is 3. The van der Waals surface area contributed by atoms with E-state index in [1.165, 1.54) is 0 Å². The Labute approximate surface area is 112 Å². The van der Waals surface area contributed by atoms with Crippen LogP contribution in [0.4, 0.5) is 0 Å². The van der Waals surface area contributed by atoms with Crippen molar-refractivity contribution in [2.45, 2.75) is 19.1 Å². The van der Waals surface area contributed by atoms with Gasteiger partial charge in [0.1, 0.15) is 0 Å². The predicted molar refractivity (Wildman–Crippen MR) is 71.1 cm³/mol. The molecule has 1 aromatic carbocycles. The second-order valence-electron chi connectivity index (χ2n) is 4.47. The minimum Gasteiger partial charge on any atom is -0.378 e. The van der Waals surface area contributed by atoms with Crippen LogP contribution in [0.5, 0.6) is 0 Å². The van der Waals surface area contributed by atoms with Gasteiger partial charge in [-0.05, 0) is 30.7 Å². The summed E-state index contributed by atoms with van der Waals surface area (Å²) >= 11 is 5.88. The average molecular weight is 269 g/mol. The highest BCUT2D eigenvalue weighted by atomic mass is 35.5. The van der Waals surface area contributed by atoms with Crippen LogP contribution in [0, 0.1) is 6.92 Å². The molecule has 0 spiro atoms. The highest BCUT2D eigenvalue weighted by Gasteiger charge is 2.28. The fourth-order valence-electron chi connectivity index (χ4n) is 2.17. The van der Waals surface area contributed by atoms with Gasteiger partial charge < -0.3 is 15.4 Å². The Balaban J connectivity index is 2.07.